The lowest BCUT2D eigenvalue weighted by Gasteiger charge is -2.02. The van der Waals surface area contributed by atoms with E-state index in [0.717, 1.165) is 15.8 Å². The van der Waals surface area contributed by atoms with Crippen LogP contribution in [0.4, 0.5) is 0 Å². The minimum Gasteiger partial charge on any atom is -0.318 e. The summed E-state index contributed by atoms with van der Waals surface area (Å²) in [6, 6.07) is 11.8. The lowest BCUT2D eigenvalue weighted by molar-refractivity contribution is -0.117. The van der Waals surface area contributed by atoms with Crippen molar-refractivity contribution in [1.82, 2.24) is 4.57 Å². The van der Waals surface area contributed by atoms with Gasteiger partial charge in [0.1, 0.15) is 0 Å². The van der Waals surface area contributed by atoms with Gasteiger partial charge in [-0.2, -0.15) is 4.99 Å². The first-order chi connectivity index (χ1) is 11.0. The van der Waals surface area contributed by atoms with Crippen LogP contribution in [0.25, 0.3) is 10.2 Å². The Hall–Kier alpha value is -1.91. The van der Waals surface area contributed by atoms with Gasteiger partial charge in [0, 0.05) is 7.05 Å². The van der Waals surface area contributed by atoms with Crippen molar-refractivity contribution < 1.29 is 4.79 Å². The van der Waals surface area contributed by atoms with E-state index >= 15 is 0 Å². The zero-order valence-electron chi connectivity index (χ0n) is 13.3. The molecule has 2 aromatic carbocycles. The van der Waals surface area contributed by atoms with Crippen molar-refractivity contribution in [2.24, 2.45) is 12.0 Å². The van der Waals surface area contributed by atoms with E-state index in [-0.39, 0.29) is 5.91 Å². The molecule has 3 nitrogen and oxygen atoms in total. The molecule has 0 unspecified atom stereocenters. The number of carbonyl (C=O) groups excluding carboxylic acids is 1. The lowest BCUT2D eigenvalue weighted by atomic mass is 10.0. The van der Waals surface area contributed by atoms with E-state index < -0.39 is 0 Å². The third kappa shape index (κ3) is 3.23. The van der Waals surface area contributed by atoms with E-state index in [1.807, 2.05) is 48.0 Å². The van der Waals surface area contributed by atoms with E-state index in [1.54, 1.807) is 0 Å². The molecule has 0 spiro atoms. The van der Waals surface area contributed by atoms with Crippen LogP contribution in [0.15, 0.2) is 41.4 Å². The van der Waals surface area contributed by atoms with Crippen molar-refractivity contribution in [1.29, 1.82) is 0 Å². The summed E-state index contributed by atoms with van der Waals surface area (Å²) in [4.78, 5) is 17.2. The molecule has 0 N–H and O–H groups in total. The summed E-state index contributed by atoms with van der Waals surface area (Å²) in [5, 5.41) is 0.671. The Morgan fingerprint density at radius 1 is 1.22 bits per heavy atom. The normalized spacial score (nSPS) is 12.1. The van der Waals surface area contributed by atoms with Crippen molar-refractivity contribution in [2.45, 2.75) is 20.3 Å². The molecule has 0 aliphatic rings. The quantitative estimate of drug-likeness (QED) is 0.686. The highest BCUT2D eigenvalue weighted by atomic mass is 35.5. The van der Waals surface area contributed by atoms with Crippen LogP contribution < -0.4 is 4.80 Å². The van der Waals surface area contributed by atoms with E-state index in [0.29, 0.717) is 16.2 Å². The predicted octanol–water partition coefficient (Wildman–Crippen LogP) is 4.18. The third-order valence-corrected chi connectivity index (χ3v) is 5.32. The number of thiazole rings is 1. The first-order valence-corrected chi connectivity index (χ1v) is 8.53. The predicted molar refractivity (Wildman–Crippen MR) is 96.0 cm³/mol. The van der Waals surface area contributed by atoms with E-state index in [9.17, 15) is 4.79 Å². The Morgan fingerprint density at radius 3 is 2.70 bits per heavy atom. The number of nitrogens with zero attached hydrogens (tertiary/aromatic N) is 2. The fourth-order valence-electron chi connectivity index (χ4n) is 2.50. The summed E-state index contributed by atoms with van der Waals surface area (Å²) in [5.74, 6) is -0.147. The Labute approximate surface area is 143 Å². The van der Waals surface area contributed by atoms with Crippen molar-refractivity contribution >= 4 is 39.1 Å². The van der Waals surface area contributed by atoms with Gasteiger partial charge in [0.15, 0.2) is 4.80 Å². The SMILES string of the molecule is Cc1ccc(CC(=O)N=c2sc3cccc(Cl)c3n2C)cc1C. The highest BCUT2D eigenvalue weighted by Crippen LogP contribution is 2.24. The zero-order chi connectivity index (χ0) is 16.6. The van der Waals surface area contributed by atoms with Gasteiger partial charge in [0.2, 0.25) is 0 Å². The molecule has 3 rings (SSSR count). The smallest absolute Gasteiger partial charge is 0.252 e. The second-order valence-corrected chi connectivity index (χ2v) is 7.05. The minimum atomic E-state index is -0.147. The molecule has 118 valence electrons. The summed E-state index contributed by atoms with van der Waals surface area (Å²) < 4.78 is 2.90. The van der Waals surface area contributed by atoms with Gasteiger partial charge >= 0.3 is 0 Å². The maximum absolute atomic E-state index is 12.3. The highest BCUT2D eigenvalue weighted by molar-refractivity contribution is 7.16. The van der Waals surface area contributed by atoms with Gasteiger partial charge in [-0.3, -0.25) is 4.79 Å². The van der Waals surface area contributed by atoms with Crippen LogP contribution in [0.1, 0.15) is 16.7 Å². The monoisotopic (exact) mass is 344 g/mol. The summed E-state index contributed by atoms with van der Waals surface area (Å²) in [7, 11) is 1.88. The molecular weight excluding hydrogens is 328 g/mol. The molecule has 5 heteroatoms. The fraction of sp³-hybridized carbons (Fsp3) is 0.222. The summed E-state index contributed by atoms with van der Waals surface area (Å²) in [6.45, 7) is 4.11. The number of carbonyl (C=O) groups is 1. The molecule has 1 aromatic heterocycles. The number of benzene rings is 2. The number of fused-ring (bicyclic) bond motifs is 1. The fourth-order valence-corrected chi connectivity index (χ4v) is 3.92. The molecule has 0 bridgehead atoms. The average molecular weight is 345 g/mol. The summed E-state index contributed by atoms with van der Waals surface area (Å²) in [5.41, 5.74) is 4.32. The van der Waals surface area contributed by atoms with Gasteiger partial charge in [-0.15, -0.1) is 0 Å². The van der Waals surface area contributed by atoms with Crippen molar-refractivity contribution in [3.63, 3.8) is 0 Å². The van der Waals surface area contributed by atoms with Gasteiger partial charge in [0.25, 0.3) is 5.91 Å². The molecule has 23 heavy (non-hydrogen) atoms. The molecule has 0 atom stereocenters. The number of aryl methyl sites for hydroxylation is 3. The largest absolute Gasteiger partial charge is 0.318 e. The Bertz CT molecular complexity index is 969. The van der Waals surface area contributed by atoms with Gasteiger partial charge in [-0.1, -0.05) is 47.2 Å². The highest BCUT2D eigenvalue weighted by Gasteiger charge is 2.08. The molecule has 0 aliphatic heterocycles. The maximum atomic E-state index is 12.3. The number of hydrogen-bond donors (Lipinski definition) is 0. The summed E-state index contributed by atoms with van der Waals surface area (Å²) in [6.07, 6.45) is 0.309. The first-order valence-electron chi connectivity index (χ1n) is 7.33. The van der Waals surface area contributed by atoms with Crippen LogP contribution in [-0.2, 0) is 18.3 Å². The number of rotatable bonds is 2. The van der Waals surface area contributed by atoms with Crippen molar-refractivity contribution in [3.8, 4) is 0 Å². The molecule has 0 aliphatic carbocycles. The molecular formula is C18H17ClN2OS. The molecule has 0 saturated heterocycles. The Balaban J connectivity index is 1.95. The lowest BCUT2D eigenvalue weighted by Crippen LogP contribution is -2.14. The van der Waals surface area contributed by atoms with Gasteiger partial charge in [-0.25, -0.2) is 0 Å². The molecule has 0 fully saturated rings. The summed E-state index contributed by atoms with van der Waals surface area (Å²) >= 11 is 7.71. The average Bonchev–Trinajstić information content (AvgIpc) is 2.80. The number of aromatic nitrogens is 1. The topological polar surface area (TPSA) is 34.4 Å². The van der Waals surface area contributed by atoms with E-state index in [2.05, 4.69) is 18.8 Å². The molecule has 1 amide bonds. The van der Waals surface area contributed by atoms with Crippen LogP contribution >= 0.6 is 22.9 Å². The van der Waals surface area contributed by atoms with E-state index in [1.165, 1.54) is 22.5 Å². The number of para-hydroxylation sites is 1. The second-order valence-electron chi connectivity index (χ2n) is 5.63. The first kappa shape index (κ1) is 16.0. The molecule has 3 aromatic rings. The number of hydrogen-bond acceptors (Lipinski definition) is 2. The molecule has 0 saturated carbocycles. The van der Waals surface area contributed by atoms with Gasteiger partial charge < -0.3 is 4.57 Å². The molecule has 0 radical (unpaired) electrons. The maximum Gasteiger partial charge on any atom is 0.252 e. The minimum absolute atomic E-state index is 0.147. The van der Waals surface area contributed by atoms with Crippen molar-refractivity contribution in [2.75, 3.05) is 0 Å². The van der Waals surface area contributed by atoms with Crippen LogP contribution in [0.2, 0.25) is 5.02 Å². The Kier molecular flexibility index (Phi) is 4.37. The number of amides is 1. The van der Waals surface area contributed by atoms with E-state index in [4.69, 9.17) is 11.6 Å². The zero-order valence-corrected chi connectivity index (χ0v) is 14.8. The second kappa shape index (κ2) is 6.30. The van der Waals surface area contributed by atoms with Gasteiger partial charge in [0.05, 0.1) is 21.7 Å². The van der Waals surface area contributed by atoms with Crippen molar-refractivity contribution in [3.05, 3.63) is 62.9 Å². The van der Waals surface area contributed by atoms with Crippen LogP contribution in [0, 0.1) is 13.8 Å². The van der Waals surface area contributed by atoms with Crippen LogP contribution in [-0.4, -0.2) is 10.5 Å². The van der Waals surface area contributed by atoms with Crippen LogP contribution in [0.5, 0.6) is 0 Å². The molecule has 1 heterocycles. The Morgan fingerprint density at radius 2 is 2.00 bits per heavy atom. The van der Waals surface area contributed by atoms with Crippen LogP contribution in [0.3, 0.4) is 0 Å². The van der Waals surface area contributed by atoms with Gasteiger partial charge in [-0.05, 0) is 42.7 Å². The third-order valence-electron chi connectivity index (χ3n) is 3.92. The number of halogens is 1. The standard InChI is InChI=1S/C18H17ClN2OS/c1-11-7-8-13(9-12(11)2)10-16(22)20-18-21(3)17-14(19)5-4-6-15(17)23-18/h4-9H,10H2,1-3H3.